The first kappa shape index (κ1) is 13.2. The number of aliphatic hydroxyl groups excluding tert-OH is 1. The first-order valence-corrected chi connectivity index (χ1v) is 5.36. The predicted octanol–water partition coefficient (Wildman–Crippen LogP) is -0.103. The largest absolute Gasteiger partial charge is 0.459 e. The van der Waals surface area contributed by atoms with Gasteiger partial charge in [0.1, 0.15) is 0 Å². The molecule has 0 fully saturated rings. The van der Waals surface area contributed by atoms with Gasteiger partial charge in [0.25, 0.3) is 5.91 Å². The van der Waals surface area contributed by atoms with Gasteiger partial charge in [0.2, 0.25) is 5.91 Å². The van der Waals surface area contributed by atoms with E-state index in [0.717, 1.165) is 0 Å². The Morgan fingerprint density at radius 3 is 2.82 bits per heavy atom. The lowest BCUT2D eigenvalue weighted by molar-refractivity contribution is -0.121. The van der Waals surface area contributed by atoms with Crippen LogP contribution in [0, 0.1) is 0 Å². The van der Waals surface area contributed by atoms with E-state index in [1.54, 1.807) is 19.1 Å². The van der Waals surface area contributed by atoms with Gasteiger partial charge in [-0.05, 0) is 19.1 Å². The number of carbonyl (C=O) groups is 2. The topological polar surface area (TPSA) is 91.6 Å². The molecule has 2 amide bonds. The second-order valence-corrected chi connectivity index (χ2v) is 3.64. The summed E-state index contributed by atoms with van der Waals surface area (Å²) in [6.45, 7) is 2.02. The fraction of sp³-hybridized carbons (Fsp3) is 0.455. The Morgan fingerprint density at radius 2 is 2.24 bits per heavy atom. The van der Waals surface area contributed by atoms with Crippen molar-refractivity contribution in [1.82, 2.24) is 10.6 Å². The highest BCUT2D eigenvalue weighted by molar-refractivity contribution is 5.91. The van der Waals surface area contributed by atoms with Crippen molar-refractivity contribution in [2.75, 3.05) is 13.1 Å². The van der Waals surface area contributed by atoms with Gasteiger partial charge in [0.15, 0.2) is 5.76 Å². The highest BCUT2D eigenvalue weighted by Gasteiger charge is 2.08. The van der Waals surface area contributed by atoms with Gasteiger partial charge in [0.05, 0.1) is 12.4 Å². The molecule has 0 unspecified atom stereocenters. The quantitative estimate of drug-likeness (QED) is 0.647. The summed E-state index contributed by atoms with van der Waals surface area (Å²) >= 11 is 0. The molecule has 6 heteroatoms. The van der Waals surface area contributed by atoms with E-state index in [9.17, 15) is 9.59 Å². The molecule has 1 aromatic heterocycles. The van der Waals surface area contributed by atoms with Gasteiger partial charge >= 0.3 is 0 Å². The van der Waals surface area contributed by atoms with Crippen LogP contribution in [0.1, 0.15) is 23.9 Å². The molecule has 3 N–H and O–H groups in total. The zero-order valence-electron chi connectivity index (χ0n) is 9.60. The molecule has 0 aliphatic heterocycles. The number of aliphatic hydroxyl groups is 1. The van der Waals surface area contributed by atoms with Crippen LogP contribution in [0.3, 0.4) is 0 Å². The van der Waals surface area contributed by atoms with Gasteiger partial charge in [-0.15, -0.1) is 0 Å². The van der Waals surface area contributed by atoms with E-state index >= 15 is 0 Å². The lowest BCUT2D eigenvalue weighted by Crippen LogP contribution is -2.34. The maximum atomic E-state index is 11.4. The highest BCUT2D eigenvalue weighted by Crippen LogP contribution is 1.98. The van der Waals surface area contributed by atoms with E-state index < -0.39 is 6.10 Å². The fourth-order valence-electron chi connectivity index (χ4n) is 1.13. The summed E-state index contributed by atoms with van der Waals surface area (Å²) in [7, 11) is 0. The molecule has 1 aromatic rings. The number of hydrogen-bond acceptors (Lipinski definition) is 4. The third-order valence-corrected chi connectivity index (χ3v) is 1.98. The predicted molar refractivity (Wildman–Crippen MR) is 60.3 cm³/mol. The third kappa shape index (κ3) is 5.17. The molecule has 0 saturated heterocycles. The molecule has 1 heterocycles. The van der Waals surface area contributed by atoms with Crippen LogP contribution in [-0.2, 0) is 4.79 Å². The molecule has 0 radical (unpaired) electrons. The Hall–Kier alpha value is -1.82. The van der Waals surface area contributed by atoms with Gasteiger partial charge < -0.3 is 20.2 Å². The van der Waals surface area contributed by atoms with Crippen molar-refractivity contribution in [1.29, 1.82) is 0 Å². The van der Waals surface area contributed by atoms with Gasteiger partial charge in [-0.1, -0.05) is 0 Å². The van der Waals surface area contributed by atoms with Crippen LogP contribution >= 0.6 is 0 Å². The molecule has 0 saturated carbocycles. The van der Waals surface area contributed by atoms with Crippen molar-refractivity contribution in [3.8, 4) is 0 Å². The van der Waals surface area contributed by atoms with Crippen molar-refractivity contribution in [2.45, 2.75) is 19.4 Å². The number of amides is 2. The second kappa shape index (κ2) is 6.70. The van der Waals surface area contributed by atoms with Crippen molar-refractivity contribution in [3.05, 3.63) is 24.2 Å². The standard InChI is InChI=1S/C11H16N2O4/c1-8(14)7-13-10(15)4-5-12-11(16)9-3-2-6-17-9/h2-3,6,8,14H,4-5,7H2,1H3,(H,12,16)(H,13,15)/t8-/m1/s1. The summed E-state index contributed by atoms with van der Waals surface area (Å²) in [4.78, 5) is 22.6. The zero-order chi connectivity index (χ0) is 12.7. The monoisotopic (exact) mass is 240 g/mol. The molecule has 6 nitrogen and oxygen atoms in total. The molecule has 94 valence electrons. The Labute approximate surface area is 99.0 Å². The molecule has 0 aliphatic rings. The minimum Gasteiger partial charge on any atom is -0.459 e. The Kier molecular flexibility index (Phi) is 5.22. The second-order valence-electron chi connectivity index (χ2n) is 3.64. The third-order valence-electron chi connectivity index (χ3n) is 1.98. The van der Waals surface area contributed by atoms with E-state index in [4.69, 9.17) is 9.52 Å². The molecule has 0 spiro atoms. The molecule has 0 aliphatic carbocycles. The zero-order valence-corrected chi connectivity index (χ0v) is 9.60. The van der Waals surface area contributed by atoms with E-state index in [1.807, 2.05) is 0 Å². The summed E-state index contributed by atoms with van der Waals surface area (Å²) < 4.78 is 4.89. The number of nitrogens with one attached hydrogen (secondary N) is 2. The van der Waals surface area contributed by atoms with Crippen molar-refractivity contribution >= 4 is 11.8 Å². The lowest BCUT2D eigenvalue weighted by atomic mass is 10.3. The molecular formula is C11H16N2O4. The maximum absolute atomic E-state index is 11.4. The van der Waals surface area contributed by atoms with Gasteiger partial charge in [0, 0.05) is 19.5 Å². The number of carbonyl (C=O) groups excluding carboxylic acids is 2. The normalized spacial score (nSPS) is 11.9. The highest BCUT2D eigenvalue weighted by atomic mass is 16.3. The van der Waals surface area contributed by atoms with Gasteiger partial charge in [-0.25, -0.2) is 0 Å². The average Bonchev–Trinajstić information content (AvgIpc) is 2.79. The molecule has 1 atom stereocenters. The molecule has 0 bridgehead atoms. The fourth-order valence-corrected chi connectivity index (χ4v) is 1.13. The van der Waals surface area contributed by atoms with Crippen LogP contribution in [-0.4, -0.2) is 36.1 Å². The summed E-state index contributed by atoms with van der Waals surface area (Å²) in [5, 5.41) is 14.0. The van der Waals surface area contributed by atoms with E-state index in [1.165, 1.54) is 6.26 Å². The first-order chi connectivity index (χ1) is 8.09. The number of furan rings is 1. The Bertz CT molecular complexity index is 360. The van der Waals surface area contributed by atoms with Crippen LogP contribution < -0.4 is 10.6 Å². The van der Waals surface area contributed by atoms with Crippen LogP contribution in [0.15, 0.2) is 22.8 Å². The van der Waals surface area contributed by atoms with Crippen molar-refractivity contribution in [2.24, 2.45) is 0 Å². The van der Waals surface area contributed by atoms with Crippen molar-refractivity contribution < 1.29 is 19.1 Å². The van der Waals surface area contributed by atoms with E-state index in [0.29, 0.717) is 0 Å². The number of rotatable bonds is 6. The Morgan fingerprint density at radius 1 is 1.47 bits per heavy atom. The lowest BCUT2D eigenvalue weighted by Gasteiger charge is -2.07. The van der Waals surface area contributed by atoms with Crippen molar-refractivity contribution in [3.63, 3.8) is 0 Å². The van der Waals surface area contributed by atoms with Crippen LogP contribution in [0.4, 0.5) is 0 Å². The van der Waals surface area contributed by atoms with Crippen LogP contribution in [0.2, 0.25) is 0 Å². The van der Waals surface area contributed by atoms with Gasteiger partial charge in [-0.2, -0.15) is 0 Å². The number of hydrogen-bond donors (Lipinski definition) is 3. The minimum atomic E-state index is -0.573. The summed E-state index contributed by atoms with van der Waals surface area (Å²) in [6, 6.07) is 3.16. The van der Waals surface area contributed by atoms with Gasteiger partial charge in [-0.3, -0.25) is 9.59 Å². The summed E-state index contributed by atoms with van der Waals surface area (Å²) in [6.07, 6.45) is 1.00. The SMILES string of the molecule is C[C@@H](O)CNC(=O)CCNC(=O)c1ccco1. The summed E-state index contributed by atoms with van der Waals surface area (Å²) in [5.41, 5.74) is 0. The van der Waals surface area contributed by atoms with Crippen LogP contribution in [0.5, 0.6) is 0 Å². The summed E-state index contributed by atoms with van der Waals surface area (Å²) in [5.74, 6) is -0.349. The smallest absolute Gasteiger partial charge is 0.286 e. The molecular weight excluding hydrogens is 224 g/mol. The van der Waals surface area contributed by atoms with E-state index in [-0.39, 0.29) is 37.1 Å². The molecule has 1 rings (SSSR count). The molecule has 0 aromatic carbocycles. The van der Waals surface area contributed by atoms with E-state index in [2.05, 4.69) is 10.6 Å². The average molecular weight is 240 g/mol. The maximum Gasteiger partial charge on any atom is 0.286 e. The minimum absolute atomic E-state index is 0.166. The Balaban J connectivity index is 2.15. The first-order valence-electron chi connectivity index (χ1n) is 5.36. The van der Waals surface area contributed by atoms with Crippen LogP contribution in [0.25, 0.3) is 0 Å². The molecule has 17 heavy (non-hydrogen) atoms.